The summed E-state index contributed by atoms with van der Waals surface area (Å²) in [7, 11) is 2.15. The molecule has 2 N–H and O–H groups in total. The van der Waals surface area contributed by atoms with Crippen molar-refractivity contribution in [3.05, 3.63) is 39.7 Å². The van der Waals surface area contributed by atoms with Crippen LogP contribution < -0.4 is 15.1 Å². The number of pyridine rings is 1. The van der Waals surface area contributed by atoms with E-state index in [1.165, 1.54) is 17.7 Å². The maximum absolute atomic E-state index is 12.9. The highest BCUT2D eigenvalue weighted by molar-refractivity contribution is 5.81. The number of unbranched alkanes of at least 4 members (excludes halogenated alkanes) is 1. The molecule has 0 aliphatic heterocycles. The number of ether oxygens (including phenoxy) is 1. The third-order valence-electron chi connectivity index (χ3n) is 4.19. The Kier molecular flexibility index (Phi) is 6.22. The lowest BCUT2D eigenvalue weighted by atomic mass is 10.1. The number of H-pyrrole nitrogens is 1. The van der Waals surface area contributed by atoms with Crippen LogP contribution in [-0.4, -0.2) is 25.2 Å². The fraction of sp³-hybridized carbons (Fsp3) is 0.526. The molecule has 0 bridgehead atoms. The van der Waals surface area contributed by atoms with Gasteiger partial charge in [-0.3, -0.25) is 4.79 Å². The number of nitrogens with one attached hydrogen (secondary N) is 2. The highest BCUT2D eigenvalue weighted by Gasteiger charge is 2.14. The highest BCUT2D eigenvalue weighted by atomic mass is 16.5. The zero-order valence-electron chi connectivity index (χ0n) is 14.8. The van der Waals surface area contributed by atoms with Crippen molar-refractivity contribution in [1.82, 2.24) is 4.98 Å². The molecule has 4 nitrogen and oxygen atoms in total. The van der Waals surface area contributed by atoms with Gasteiger partial charge in [0, 0.05) is 16.6 Å². The number of aromatic amines is 1. The van der Waals surface area contributed by atoms with Crippen molar-refractivity contribution in [2.45, 2.75) is 46.6 Å². The van der Waals surface area contributed by atoms with Crippen LogP contribution in [0.2, 0.25) is 0 Å². The number of hydrogen-bond acceptors (Lipinski definition) is 2. The molecule has 0 saturated heterocycles. The van der Waals surface area contributed by atoms with Crippen molar-refractivity contribution in [2.75, 3.05) is 20.2 Å². The average molecular weight is 317 g/mol. The fourth-order valence-corrected chi connectivity index (χ4v) is 2.82. The van der Waals surface area contributed by atoms with E-state index in [1.54, 1.807) is 0 Å². The van der Waals surface area contributed by atoms with Gasteiger partial charge in [0.1, 0.15) is 12.3 Å². The molecule has 0 aliphatic carbocycles. The second-order valence-corrected chi connectivity index (χ2v) is 6.35. The summed E-state index contributed by atoms with van der Waals surface area (Å²) < 4.78 is 5.66. The molecule has 126 valence electrons. The summed E-state index contributed by atoms with van der Waals surface area (Å²) >= 11 is 0. The molecule has 23 heavy (non-hydrogen) atoms. The van der Waals surface area contributed by atoms with Crippen LogP contribution in [0.5, 0.6) is 5.75 Å². The van der Waals surface area contributed by atoms with E-state index in [2.05, 4.69) is 25.9 Å². The Morgan fingerprint density at radius 3 is 2.70 bits per heavy atom. The van der Waals surface area contributed by atoms with Crippen molar-refractivity contribution in [3.63, 3.8) is 0 Å². The van der Waals surface area contributed by atoms with Gasteiger partial charge in [-0.15, -0.1) is 0 Å². The third-order valence-corrected chi connectivity index (χ3v) is 4.19. The van der Waals surface area contributed by atoms with Crippen LogP contribution >= 0.6 is 0 Å². The predicted octanol–water partition coefficient (Wildman–Crippen LogP) is 2.44. The Bertz CT molecular complexity index is 706. The summed E-state index contributed by atoms with van der Waals surface area (Å²) in [6.45, 7) is 8.78. The topological polar surface area (TPSA) is 46.5 Å². The lowest BCUT2D eigenvalue weighted by molar-refractivity contribution is -0.894. The van der Waals surface area contributed by atoms with Crippen molar-refractivity contribution < 1.29 is 9.64 Å². The molecule has 1 aromatic carbocycles. The van der Waals surface area contributed by atoms with Crippen LogP contribution in [0.25, 0.3) is 10.9 Å². The Hall–Kier alpha value is -1.81. The first-order valence-electron chi connectivity index (χ1n) is 8.66. The zero-order valence-corrected chi connectivity index (χ0v) is 14.8. The first-order chi connectivity index (χ1) is 11.1. The Morgan fingerprint density at radius 2 is 2.00 bits per heavy atom. The molecule has 4 heteroatoms. The monoisotopic (exact) mass is 317 g/mol. The number of aryl methyl sites for hydroxylation is 1. The molecule has 0 saturated carbocycles. The van der Waals surface area contributed by atoms with E-state index in [1.807, 2.05) is 25.1 Å². The second-order valence-electron chi connectivity index (χ2n) is 6.35. The molecule has 0 fully saturated rings. The molecular weight excluding hydrogens is 288 g/mol. The van der Waals surface area contributed by atoms with E-state index in [4.69, 9.17) is 4.74 Å². The molecule has 0 radical (unpaired) electrons. The largest absolute Gasteiger partial charge is 0.494 e. The Morgan fingerprint density at radius 1 is 1.22 bits per heavy atom. The molecule has 0 amide bonds. The molecule has 0 aliphatic rings. The average Bonchev–Trinajstić information content (AvgIpc) is 2.55. The molecule has 1 aromatic heterocycles. The van der Waals surface area contributed by atoms with E-state index < -0.39 is 0 Å². The molecule has 2 aromatic rings. The standard InChI is InChI=1S/C19H28N2O2/c1-5-7-10-21(4)13-17-14(3)20-18-9-8-15(23-11-6-2)12-16(18)19(17)22/h8-9,12H,5-7,10-11,13H2,1-4H3,(H,20,22)/p+1. The normalized spacial score (nSPS) is 12.5. The van der Waals surface area contributed by atoms with Crippen LogP contribution in [0.4, 0.5) is 0 Å². The second kappa shape index (κ2) is 8.16. The maximum atomic E-state index is 12.9. The van der Waals surface area contributed by atoms with Crippen molar-refractivity contribution in [1.29, 1.82) is 0 Å². The molecule has 1 unspecified atom stereocenters. The third kappa shape index (κ3) is 4.35. The van der Waals surface area contributed by atoms with Gasteiger partial charge in [0.15, 0.2) is 5.43 Å². The molecular formula is C19H29N2O2+. The first kappa shape index (κ1) is 17.5. The van der Waals surface area contributed by atoms with E-state index in [-0.39, 0.29) is 5.43 Å². The zero-order chi connectivity index (χ0) is 16.8. The van der Waals surface area contributed by atoms with E-state index in [0.717, 1.165) is 47.4 Å². The van der Waals surface area contributed by atoms with Crippen molar-refractivity contribution >= 4 is 10.9 Å². The van der Waals surface area contributed by atoms with Gasteiger partial charge in [0.05, 0.1) is 25.8 Å². The Balaban J connectivity index is 2.35. The lowest BCUT2D eigenvalue weighted by Crippen LogP contribution is -3.07. The summed E-state index contributed by atoms with van der Waals surface area (Å²) in [6.07, 6.45) is 3.33. The van der Waals surface area contributed by atoms with Gasteiger partial charge >= 0.3 is 0 Å². The van der Waals surface area contributed by atoms with Crippen molar-refractivity contribution in [3.8, 4) is 5.75 Å². The lowest BCUT2D eigenvalue weighted by Gasteiger charge is -2.15. The Labute approximate surface area is 138 Å². The summed E-state index contributed by atoms with van der Waals surface area (Å²) in [6, 6.07) is 5.73. The van der Waals surface area contributed by atoms with Gasteiger partial charge in [-0.2, -0.15) is 0 Å². The van der Waals surface area contributed by atoms with Gasteiger partial charge in [-0.1, -0.05) is 20.3 Å². The van der Waals surface area contributed by atoms with Crippen LogP contribution in [0, 0.1) is 6.92 Å². The molecule has 0 spiro atoms. The van der Waals surface area contributed by atoms with Crippen LogP contribution in [-0.2, 0) is 6.54 Å². The summed E-state index contributed by atoms with van der Waals surface area (Å²) in [4.78, 5) is 17.6. The van der Waals surface area contributed by atoms with Gasteiger partial charge in [0.2, 0.25) is 0 Å². The number of benzene rings is 1. The molecule has 1 heterocycles. The summed E-state index contributed by atoms with van der Waals surface area (Å²) in [5.74, 6) is 0.770. The van der Waals surface area contributed by atoms with Gasteiger partial charge in [-0.25, -0.2) is 0 Å². The van der Waals surface area contributed by atoms with Crippen LogP contribution in [0.1, 0.15) is 44.4 Å². The number of quaternary nitrogens is 1. The van der Waals surface area contributed by atoms with Crippen molar-refractivity contribution in [2.24, 2.45) is 0 Å². The smallest absolute Gasteiger partial charge is 0.198 e. The summed E-state index contributed by atoms with van der Waals surface area (Å²) in [5, 5.41) is 0.725. The molecule has 2 rings (SSSR count). The number of rotatable bonds is 8. The van der Waals surface area contributed by atoms with Gasteiger partial charge in [0.25, 0.3) is 0 Å². The fourth-order valence-electron chi connectivity index (χ4n) is 2.82. The minimum Gasteiger partial charge on any atom is -0.494 e. The van der Waals surface area contributed by atoms with E-state index >= 15 is 0 Å². The van der Waals surface area contributed by atoms with E-state index in [9.17, 15) is 4.79 Å². The maximum Gasteiger partial charge on any atom is 0.198 e. The van der Waals surface area contributed by atoms with E-state index in [0.29, 0.717) is 6.61 Å². The van der Waals surface area contributed by atoms with Gasteiger partial charge < -0.3 is 14.6 Å². The van der Waals surface area contributed by atoms with Gasteiger partial charge in [-0.05, 0) is 38.0 Å². The number of fused-ring (bicyclic) bond motifs is 1. The SMILES string of the molecule is CCCC[NH+](C)Cc1c(C)[nH]c2ccc(OCCC)cc2c1=O. The minimum absolute atomic E-state index is 0.133. The highest BCUT2D eigenvalue weighted by Crippen LogP contribution is 2.18. The van der Waals surface area contributed by atoms with Crippen LogP contribution in [0.3, 0.4) is 0 Å². The number of aromatic nitrogens is 1. The first-order valence-corrected chi connectivity index (χ1v) is 8.66. The molecule has 1 atom stereocenters. The quantitative estimate of drug-likeness (QED) is 0.785. The minimum atomic E-state index is 0.133. The summed E-state index contributed by atoms with van der Waals surface area (Å²) in [5.41, 5.74) is 2.87. The predicted molar refractivity (Wildman–Crippen MR) is 95.5 cm³/mol. The number of hydrogen-bond donors (Lipinski definition) is 2. The van der Waals surface area contributed by atoms with Crippen LogP contribution in [0.15, 0.2) is 23.0 Å².